The second-order valence-corrected chi connectivity index (χ2v) is 10.0. The van der Waals surface area contributed by atoms with E-state index in [1.54, 1.807) is 23.2 Å². The smallest absolute Gasteiger partial charge is 0.271 e. The van der Waals surface area contributed by atoms with E-state index in [1.807, 2.05) is 92.7 Å². The Morgan fingerprint density at radius 3 is 2.41 bits per heavy atom. The van der Waals surface area contributed by atoms with Gasteiger partial charge in [0.25, 0.3) is 11.8 Å². The molecule has 1 aromatic heterocycles. The van der Waals surface area contributed by atoms with Gasteiger partial charge in [-0.2, -0.15) is 5.10 Å². The van der Waals surface area contributed by atoms with Gasteiger partial charge < -0.3 is 9.47 Å². The average molecular weight is 533 g/mol. The summed E-state index contributed by atoms with van der Waals surface area (Å²) in [4.78, 5) is 27.6. The van der Waals surface area contributed by atoms with Gasteiger partial charge in [0.05, 0.1) is 18.4 Å². The van der Waals surface area contributed by atoms with Crippen LogP contribution in [0.2, 0.25) is 5.02 Å². The van der Waals surface area contributed by atoms with E-state index in [9.17, 15) is 9.59 Å². The summed E-state index contributed by atoms with van der Waals surface area (Å²) < 4.78 is 2.11. The number of carbonyl (C=O) groups excluding carboxylic acids is 2. The number of benzene rings is 4. The lowest BCUT2D eigenvalue weighted by molar-refractivity contribution is 0.0953. The third-order valence-electron chi connectivity index (χ3n) is 7.13. The molecular formula is C32H25ClN4O2. The first-order chi connectivity index (χ1) is 18.9. The summed E-state index contributed by atoms with van der Waals surface area (Å²) >= 11 is 6.03. The number of anilines is 1. The Hall–Kier alpha value is -4.68. The van der Waals surface area contributed by atoms with Crippen LogP contribution in [0.25, 0.3) is 16.5 Å². The molecule has 0 spiro atoms. The van der Waals surface area contributed by atoms with Crippen molar-refractivity contribution in [2.45, 2.75) is 20.4 Å². The quantitative estimate of drug-likeness (QED) is 0.192. The molecule has 0 fully saturated rings. The molecule has 0 bridgehead atoms. The molecule has 7 heteroatoms. The highest BCUT2D eigenvalue weighted by molar-refractivity contribution is 6.30. The highest BCUT2D eigenvalue weighted by atomic mass is 35.5. The number of hydrogen-bond acceptors (Lipinski definition) is 3. The summed E-state index contributed by atoms with van der Waals surface area (Å²) in [7, 11) is 0. The van der Waals surface area contributed by atoms with E-state index in [2.05, 4.69) is 15.1 Å². The molecule has 0 atom stereocenters. The third-order valence-corrected chi connectivity index (χ3v) is 7.38. The number of rotatable bonds is 6. The van der Waals surface area contributed by atoms with Crippen LogP contribution in [0, 0.1) is 13.8 Å². The molecule has 0 saturated carbocycles. The third kappa shape index (κ3) is 4.49. The second-order valence-electron chi connectivity index (χ2n) is 9.61. The molecule has 1 aliphatic heterocycles. The van der Waals surface area contributed by atoms with Gasteiger partial charge in [-0.25, -0.2) is 5.43 Å². The van der Waals surface area contributed by atoms with Crippen LogP contribution < -0.4 is 10.3 Å². The number of aryl methyl sites for hydroxylation is 1. The summed E-state index contributed by atoms with van der Waals surface area (Å²) in [6.07, 6.45) is 1.65. The van der Waals surface area contributed by atoms with Crippen LogP contribution in [0.15, 0.2) is 96.1 Å². The minimum Gasteiger partial charge on any atom is -0.318 e. The molecule has 6 nitrogen and oxygen atoms in total. The Morgan fingerprint density at radius 2 is 1.67 bits per heavy atom. The van der Waals surface area contributed by atoms with Crippen molar-refractivity contribution in [1.29, 1.82) is 0 Å². The van der Waals surface area contributed by atoms with Crippen LogP contribution in [0.1, 0.15) is 43.2 Å². The molecule has 2 amide bonds. The van der Waals surface area contributed by atoms with E-state index in [-0.39, 0.29) is 11.8 Å². The van der Waals surface area contributed by atoms with Gasteiger partial charge in [-0.1, -0.05) is 48.0 Å². The summed E-state index contributed by atoms with van der Waals surface area (Å²) in [5, 5.41) is 6.93. The number of nitrogens with one attached hydrogen (secondary N) is 1. The average Bonchev–Trinajstić information content (AvgIpc) is 3.38. The maximum Gasteiger partial charge on any atom is 0.271 e. The number of aromatic nitrogens is 1. The fraction of sp³-hybridized carbons (Fsp3) is 0.0938. The van der Waals surface area contributed by atoms with Gasteiger partial charge in [-0.15, -0.1) is 0 Å². The number of carbonyl (C=O) groups is 2. The standard InChI is InChI=1S/C32H25ClN4O2/c1-20-17-25(21(2)37(20)27-15-13-26(33)14-16-27)18-34-35-31(38)24-11-9-22(10-12-24)19-36-29-8-4-6-23-5-3-7-28(30(23)29)32(36)39/h3-18H,19H2,1-2H3,(H,35,38)/b34-18-. The minimum atomic E-state index is -0.307. The van der Waals surface area contributed by atoms with Crippen molar-refractivity contribution in [3.05, 3.63) is 130 Å². The Morgan fingerprint density at radius 1 is 0.949 bits per heavy atom. The van der Waals surface area contributed by atoms with E-state index >= 15 is 0 Å². The summed E-state index contributed by atoms with van der Waals surface area (Å²) in [6, 6.07) is 28.7. The van der Waals surface area contributed by atoms with Gasteiger partial charge >= 0.3 is 0 Å². The van der Waals surface area contributed by atoms with Gasteiger partial charge in [0.15, 0.2) is 0 Å². The summed E-state index contributed by atoms with van der Waals surface area (Å²) in [5.41, 5.74) is 9.65. The van der Waals surface area contributed by atoms with Crippen molar-refractivity contribution in [2.75, 3.05) is 4.90 Å². The maximum absolute atomic E-state index is 13.1. The van der Waals surface area contributed by atoms with Gasteiger partial charge in [-0.05, 0) is 79.4 Å². The van der Waals surface area contributed by atoms with E-state index < -0.39 is 0 Å². The summed E-state index contributed by atoms with van der Waals surface area (Å²) in [6.45, 7) is 4.46. The van der Waals surface area contributed by atoms with Crippen molar-refractivity contribution in [3.63, 3.8) is 0 Å². The van der Waals surface area contributed by atoms with Gasteiger partial charge in [0.1, 0.15) is 0 Å². The van der Waals surface area contributed by atoms with E-state index in [0.717, 1.165) is 50.2 Å². The molecule has 1 N–H and O–H groups in total. The summed E-state index contributed by atoms with van der Waals surface area (Å²) in [5.74, 6) is -0.313. The van der Waals surface area contributed by atoms with Crippen LogP contribution in [-0.2, 0) is 6.54 Å². The normalized spacial score (nSPS) is 12.6. The predicted octanol–water partition coefficient (Wildman–Crippen LogP) is 6.83. The molecule has 39 heavy (non-hydrogen) atoms. The molecular weight excluding hydrogens is 508 g/mol. The minimum absolute atomic E-state index is 0.00613. The SMILES string of the molecule is Cc1cc(/C=N\NC(=O)c2ccc(CN3C(=O)c4cccc5cccc3c45)cc2)c(C)n1-c1ccc(Cl)cc1. The highest BCUT2D eigenvalue weighted by Crippen LogP contribution is 2.38. The largest absolute Gasteiger partial charge is 0.318 e. The van der Waals surface area contributed by atoms with Gasteiger partial charge in [-0.3, -0.25) is 9.59 Å². The second kappa shape index (κ2) is 9.89. The van der Waals surface area contributed by atoms with Crippen LogP contribution in [-0.4, -0.2) is 22.6 Å². The van der Waals surface area contributed by atoms with Crippen molar-refractivity contribution in [3.8, 4) is 5.69 Å². The lowest BCUT2D eigenvalue weighted by Gasteiger charge is -2.18. The fourth-order valence-corrected chi connectivity index (χ4v) is 5.34. The van der Waals surface area contributed by atoms with Crippen LogP contribution in [0.3, 0.4) is 0 Å². The zero-order valence-electron chi connectivity index (χ0n) is 21.5. The van der Waals surface area contributed by atoms with E-state index in [1.165, 1.54) is 0 Å². The van der Waals surface area contributed by atoms with Crippen LogP contribution in [0.5, 0.6) is 0 Å². The Balaban J connectivity index is 1.13. The van der Waals surface area contributed by atoms with Crippen molar-refractivity contribution < 1.29 is 9.59 Å². The van der Waals surface area contributed by atoms with Crippen molar-refractivity contribution in [1.82, 2.24) is 9.99 Å². The first-order valence-electron chi connectivity index (χ1n) is 12.6. The molecule has 0 saturated heterocycles. The first kappa shape index (κ1) is 24.6. The molecule has 0 aliphatic carbocycles. The topological polar surface area (TPSA) is 66.7 Å². The zero-order valence-corrected chi connectivity index (χ0v) is 22.2. The molecule has 0 unspecified atom stereocenters. The number of amides is 2. The van der Waals surface area contributed by atoms with Gasteiger partial charge in [0.2, 0.25) is 0 Å². The lowest BCUT2D eigenvalue weighted by Crippen LogP contribution is -2.26. The highest BCUT2D eigenvalue weighted by Gasteiger charge is 2.29. The first-order valence-corrected chi connectivity index (χ1v) is 13.0. The van der Waals surface area contributed by atoms with E-state index in [4.69, 9.17) is 11.6 Å². The van der Waals surface area contributed by atoms with Crippen LogP contribution in [0.4, 0.5) is 5.69 Å². The molecule has 2 heterocycles. The monoisotopic (exact) mass is 532 g/mol. The number of hydrogen-bond donors (Lipinski definition) is 1. The number of hydrazone groups is 1. The van der Waals surface area contributed by atoms with Gasteiger partial charge in [0, 0.05) is 44.2 Å². The van der Waals surface area contributed by atoms with E-state index in [0.29, 0.717) is 17.1 Å². The number of halogens is 1. The Kier molecular flexibility index (Phi) is 6.25. The predicted molar refractivity (Wildman–Crippen MR) is 156 cm³/mol. The zero-order chi connectivity index (χ0) is 27.1. The lowest BCUT2D eigenvalue weighted by atomic mass is 10.1. The molecule has 4 aromatic carbocycles. The Bertz CT molecular complexity index is 1760. The fourth-order valence-electron chi connectivity index (χ4n) is 5.21. The van der Waals surface area contributed by atoms with Crippen LogP contribution >= 0.6 is 11.6 Å². The molecule has 5 aromatic rings. The molecule has 6 rings (SSSR count). The van der Waals surface area contributed by atoms with Crippen molar-refractivity contribution in [2.24, 2.45) is 5.10 Å². The molecule has 1 aliphatic rings. The molecule has 0 radical (unpaired) electrons. The van der Waals surface area contributed by atoms with Crippen molar-refractivity contribution >= 4 is 46.1 Å². The Labute approximate surface area is 231 Å². The molecule has 192 valence electrons. The number of nitrogens with zero attached hydrogens (tertiary/aromatic N) is 3. The maximum atomic E-state index is 13.1.